The SMILES string of the molecule is Cc1nn(C)cc1C(C)NC(=O)c1cccc(C2CCN(c3nc4c(c(NC5CCOCC5)n3)[S+]([O-])CC4)CC2)c1. The molecule has 2 atom stereocenters. The zero-order chi connectivity index (χ0) is 28.5. The molecule has 5 heterocycles. The maximum Gasteiger partial charge on any atom is 0.251 e. The molecule has 41 heavy (non-hydrogen) atoms. The van der Waals surface area contributed by atoms with Gasteiger partial charge in [0.25, 0.3) is 5.91 Å². The van der Waals surface area contributed by atoms with Crippen molar-refractivity contribution in [1.82, 2.24) is 25.1 Å². The molecule has 3 aliphatic heterocycles. The molecular formula is C30H39N7O3S. The maximum atomic E-state index is 13.1. The van der Waals surface area contributed by atoms with Crippen LogP contribution in [0, 0.1) is 6.92 Å². The number of hydrogen-bond acceptors (Lipinski definition) is 8. The largest absolute Gasteiger partial charge is 0.611 e. The van der Waals surface area contributed by atoms with Crippen molar-refractivity contribution in [3.63, 3.8) is 0 Å². The van der Waals surface area contributed by atoms with Crippen LogP contribution in [0.2, 0.25) is 0 Å². The van der Waals surface area contributed by atoms with Crippen LogP contribution >= 0.6 is 0 Å². The van der Waals surface area contributed by atoms with E-state index in [0.717, 1.165) is 92.0 Å². The summed E-state index contributed by atoms with van der Waals surface area (Å²) in [7, 11) is 1.89. The summed E-state index contributed by atoms with van der Waals surface area (Å²) >= 11 is -1.05. The number of carbonyl (C=O) groups excluding carboxylic acids is 1. The van der Waals surface area contributed by atoms with Gasteiger partial charge in [-0.1, -0.05) is 12.1 Å². The number of nitrogens with one attached hydrogen (secondary N) is 2. The van der Waals surface area contributed by atoms with Crippen molar-refractivity contribution in [3.05, 3.63) is 58.5 Å². The number of amides is 1. The van der Waals surface area contributed by atoms with Gasteiger partial charge >= 0.3 is 0 Å². The monoisotopic (exact) mass is 577 g/mol. The Morgan fingerprint density at radius 3 is 2.68 bits per heavy atom. The average Bonchev–Trinajstić information content (AvgIpc) is 3.54. The molecule has 1 amide bonds. The van der Waals surface area contributed by atoms with Crippen molar-refractivity contribution < 1.29 is 14.1 Å². The van der Waals surface area contributed by atoms with Crippen LogP contribution < -0.4 is 15.5 Å². The second-order valence-corrected chi connectivity index (χ2v) is 12.9. The minimum absolute atomic E-state index is 0.0754. The second-order valence-electron chi connectivity index (χ2n) is 11.4. The fourth-order valence-electron chi connectivity index (χ4n) is 6.21. The van der Waals surface area contributed by atoms with Crippen LogP contribution in [0.4, 0.5) is 11.8 Å². The number of piperidine rings is 1. The molecule has 2 aromatic heterocycles. The Labute approximate surface area is 244 Å². The molecule has 6 rings (SSSR count). The van der Waals surface area contributed by atoms with Gasteiger partial charge in [0.05, 0.1) is 11.7 Å². The molecule has 2 fully saturated rings. The van der Waals surface area contributed by atoms with Crippen molar-refractivity contribution in [2.75, 3.05) is 42.3 Å². The first-order chi connectivity index (χ1) is 19.9. The van der Waals surface area contributed by atoms with E-state index in [-0.39, 0.29) is 18.0 Å². The van der Waals surface area contributed by atoms with Gasteiger partial charge in [-0.3, -0.25) is 9.48 Å². The molecule has 2 unspecified atom stereocenters. The number of carbonyl (C=O) groups is 1. The van der Waals surface area contributed by atoms with E-state index in [1.165, 1.54) is 5.56 Å². The summed E-state index contributed by atoms with van der Waals surface area (Å²) < 4.78 is 20.0. The Morgan fingerprint density at radius 1 is 1.17 bits per heavy atom. The van der Waals surface area contributed by atoms with Crippen LogP contribution in [0.25, 0.3) is 0 Å². The van der Waals surface area contributed by atoms with E-state index in [4.69, 9.17) is 14.7 Å². The minimum atomic E-state index is -1.05. The lowest BCUT2D eigenvalue weighted by Crippen LogP contribution is -2.35. The summed E-state index contributed by atoms with van der Waals surface area (Å²) in [6, 6.07) is 8.18. The summed E-state index contributed by atoms with van der Waals surface area (Å²) in [6.45, 7) is 7.09. The number of fused-ring (bicyclic) bond motifs is 1. The molecule has 1 aromatic carbocycles. The first-order valence-electron chi connectivity index (χ1n) is 14.6. The first kappa shape index (κ1) is 28.0. The van der Waals surface area contributed by atoms with Crippen molar-refractivity contribution in [3.8, 4) is 0 Å². The van der Waals surface area contributed by atoms with Crippen LogP contribution in [-0.2, 0) is 29.4 Å². The summed E-state index contributed by atoms with van der Waals surface area (Å²) in [5.41, 5.74) is 4.73. The van der Waals surface area contributed by atoms with E-state index in [9.17, 15) is 9.35 Å². The molecule has 3 aromatic rings. The lowest BCUT2D eigenvalue weighted by molar-refractivity contribution is 0.0903. The zero-order valence-electron chi connectivity index (χ0n) is 24.1. The van der Waals surface area contributed by atoms with Gasteiger partial charge in [0.1, 0.15) is 11.4 Å². The standard InChI is InChI=1S/C30H39N7O3S/c1-19(25-18-36(3)35-20(25)2)31-29(38)23-6-4-5-22(17-23)21-7-12-37(13-8-21)30-33-26-11-16-41(39)27(26)28(34-30)32-24-9-14-40-15-10-24/h4-6,17-19,21,24H,7-16H2,1-3H3,(H,31,38)(H,32,33,34). The number of hydrogen-bond donors (Lipinski definition) is 2. The van der Waals surface area contributed by atoms with Gasteiger partial charge in [0.15, 0.2) is 5.82 Å². The van der Waals surface area contributed by atoms with Gasteiger partial charge in [0, 0.05) is 63.1 Å². The van der Waals surface area contributed by atoms with E-state index in [2.05, 4.69) is 26.7 Å². The second kappa shape index (κ2) is 12.0. The molecule has 0 spiro atoms. The molecule has 0 aliphatic carbocycles. The lowest BCUT2D eigenvalue weighted by atomic mass is 9.88. The zero-order valence-corrected chi connectivity index (χ0v) is 24.9. The predicted octanol–water partition coefficient (Wildman–Crippen LogP) is 3.65. The highest BCUT2D eigenvalue weighted by atomic mass is 32.2. The quantitative estimate of drug-likeness (QED) is 0.409. The minimum Gasteiger partial charge on any atom is -0.611 e. The lowest BCUT2D eigenvalue weighted by Gasteiger charge is -2.33. The maximum absolute atomic E-state index is 13.1. The Morgan fingerprint density at radius 2 is 1.95 bits per heavy atom. The highest BCUT2D eigenvalue weighted by molar-refractivity contribution is 7.91. The normalized spacial score (nSPS) is 20.6. The van der Waals surface area contributed by atoms with E-state index in [0.29, 0.717) is 17.2 Å². The van der Waals surface area contributed by atoms with Crippen molar-refractivity contribution in [2.24, 2.45) is 7.05 Å². The third-order valence-electron chi connectivity index (χ3n) is 8.50. The molecular weight excluding hydrogens is 538 g/mol. The topological polar surface area (TPSA) is 120 Å². The Balaban J connectivity index is 1.12. The van der Waals surface area contributed by atoms with Crippen LogP contribution in [0.5, 0.6) is 0 Å². The Bertz CT molecular complexity index is 1400. The van der Waals surface area contributed by atoms with Gasteiger partial charge in [0.2, 0.25) is 10.8 Å². The van der Waals surface area contributed by atoms with E-state index in [1.54, 1.807) is 4.68 Å². The fraction of sp³-hybridized carbons (Fsp3) is 0.533. The Hall–Kier alpha value is -3.15. The molecule has 10 nitrogen and oxygen atoms in total. The van der Waals surface area contributed by atoms with E-state index in [1.807, 2.05) is 45.3 Å². The van der Waals surface area contributed by atoms with Gasteiger partial charge < -0.3 is 24.8 Å². The molecule has 0 bridgehead atoms. The van der Waals surface area contributed by atoms with Crippen molar-refractivity contribution in [2.45, 2.75) is 68.8 Å². The smallest absolute Gasteiger partial charge is 0.251 e. The number of aryl methyl sites for hydroxylation is 3. The molecule has 0 saturated carbocycles. The first-order valence-corrected chi connectivity index (χ1v) is 16.0. The van der Waals surface area contributed by atoms with Gasteiger partial charge in [-0.25, -0.2) is 4.98 Å². The van der Waals surface area contributed by atoms with Crippen LogP contribution in [0.1, 0.15) is 77.4 Å². The van der Waals surface area contributed by atoms with E-state index < -0.39 is 11.2 Å². The van der Waals surface area contributed by atoms with Crippen molar-refractivity contribution in [1.29, 1.82) is 0 Å². The fourth-order valence-corrected chi connectivity index (χ4v) is 7.52. The highest BCUT2D eigenvalue weighted by Gasteiger charge is 2.34. The molecule has 218 valence electrons. The average molecular weight is 578 g/mol. The predicted molar refractivity (Wildman–Crippen MR) is 159 cm³/mol. The van der Waals surface area contributed by atoms with E-state index >= 15 is 0 Å². The number of benzene rings is 1. The third-order valence-corrected chi connectivity index (χ3v) is 9.96. The summed E-state index contributed by atoms with van der Waals surface area (Å²) in [5.74, 6) is 2.36. The highest BCUT2D eigenvalue weighted by Crippen LogP contribution is 2.35. The number of aromatic nitrogens is 4. The van der Waals surface area contributed by atoms with Crippen molar-refractivity contribution >= 4 is 28.8 Å². The van der Waals surface area contributed by atoms with Gasteiger partial charge in [-0.15, -0.1) is 0 Å². The summed E-state index contributed by atoms with van der Waals surface area (Å²) in [6.07, 6.45) is 6.43. The molecule has 11 heteroatoms. The molecule has 2 N–H and O–H groups in total. The van der Waals surface area contributed by atoms with Crippen LogP contribution in [-0.4, -0.2) is 68.3 Å². The molecule has 2 saturated heterocycles. The number of ether oxygens (including phenoxy) is 1. The summed E-state index contributed by atoms with van der Waals surface area (Å²) in [4.78, 5) is 25.9. The molecule has 0 radical (unpaired) electrons. The molecule has 3 aliphatic rings. The number of rotatable bonds is 7. The van der Waals surface area contributed by atoms with Crippen LogP contribution in [0.15, 0.2) is 35.4 Å². The van der Waals surface area contributed by atoms with Gasteiger partial charge in [-0.05, 0) is 74.3 Å². The van der Waals surface area contributed by atoms with Crippen LogP contribution in [0.3, 0.4) is 0 Å². The Kier molecular flexibility index (Phi) is 8.19. The third kappa shape index (κ3) is 6.07. The summed E-state index contributed by atoms with van der Waals surface area (Å²) in [5, 5.41) is 11.1. The van der Waals surface area contributed by atoms with Gasteiger partial charge in [-0.2, -0.15) is 10.1 Å². The number of nitrogens with zero attached hydrogens (tertiary/aromatic N) is 5. The number of anilines is 2.